The molecule has 0 aromatic carbocycles. The molecule has 1 rings (SSSR count). The fourth-order valence-electron chi connectivity index (χ4n) is 1.86. The number of amides is 1. The van der Waals surface area contributed by atoms with Crippen molar-refractivity contribution in [2.24, 2.45) is 0 Å². The Bertz CT molecular complexity index is 397. The molecule has 0 bridgehead atoms. The molecule has 1 fully saturated rings. The smallest absolute Gasteiger partial charge is 0.413 e. The van der Waals surface area contributed by atoms with Crippen LogP contribution in [0.3, 0.4) is 0 Å². The number of rotatable bonds is 1. The molecule has 7 heteroatoms. The molecule has 1 amide bonds. The highest BCUT2D eigenvalue weighted by atomic mass is 19.4. The Balaban J connectivity index is 2.91. The van der Waals surface area contributed by atoms with Gasteiger partial charge in [0.2, 0.25) is 0 Å². The van der Waals surface area contributed by atoms with Crippen molar-refractivity contribution in [3.05, 3.63) is 12.2 Å². The zero-order valence-corrected chi connectivity index (χ0v) is 12.2. The second kappa shape index (κ2) is 5.27. The molecule has 0 saturated carbocycles. The molecule has 1 aliphatic heterocycles. The Labute approximate surface area is 116 Å². The van der Waals surface area contributed by atoms with Gasteiger partial charge in [-0.2, -0.15) is 13.2 Å². The van der Waals surface area contributed by atoms with Gasteiger partial charge in [-0.25, -0.2) is 4.79 Å². The van der Waals surface area contributed by atoms with Gasteiger partial charge in [-0.15, -0.1) is 0 Å². The first-order valence-corrected chi connectivity index (χ1v) is 6.24. The number of nitrogens with zero attached hydrogens (tertiary/aromatic N) is 1. The first-order chi connectivity index (χ1) is 8.82. The van der Waals surface area contributed by atoms with Crippen molar-refractivity contribution >= 4 is 6.09 Å². The van der Waals surface area contributed by atoms with Crippen LogP contribution in [0.25, 0.3) is 0 Å². The van der Waals surface area contributed by atoms with Gasteiger partial charge < -0.3 is 9.47 Å². The summed E-state index contributed by atoms with van der Waals surface area (Å²) in [5.41, 5.74) is -1.74. The summed E-state index contributed by atoms with van der Waals surface area (Å²) in [4.78, 5) is 13.3. The Morgan fingerprint density at radius 1 is 1.35 bits per heavy atom. The van der Waals surface area contributed by atoms with Crippen molar-refractivity contribution in [3.8, 4) is 0 Å². The van der Waals surface area contributed by atoms with E-state index >= 15 is 0 Å². The summed E-state index contributed by atoms with van der Waals surface area (Å²) in [6.07, 6.45) is -4.10. The highest BCUT2D eigenvalue weighted by Crippen LogP contribution is 2.30. The lowest BCUT2D eigenvalue weighted by Gasteiger charge is -2.34. The van der Waals surface area contributed by atoms with E-state index in [2.05, 4.69) is 0 Å². The van der Waals surface area contributed by atoms with E-state index in [1.807, 2.05) is 0 Å². The quantitative estimate of drug-likeness (QED) is 0.695. The molecule has 0 unspecified atom stereocenters. The third-order valence-electron chi connectivity index (χ3n) is 2.62. The number of allylic oxidation sites excluding steroid dienone is 1. The third-order valence-corrected chi connectivity index (χ3v) is 2.62. The summed E-state index contributed by atoms with van der Waals surface area (Å²) in [6, 6.07) is -0.804. The van der Waals surface area contributed by atoms with Gasteiger partial charge in [-0.1, -0.05) is 6.08 Å². The normalized spacial score (nSPS) is 23.4. The first-order valence-electron chi connectivity index (χ1n) is 6.24. The first kappa shape index (κ1) is 16.8. The van der Waals surface area contributed by atoms with E-state index in [0.29, 0.717) is 0 Å². The summed E-state index contributed by atoms with van der Waals surface area (Å²) in [6.45, 7) is 8.29. The van der Waals surface area contributed by atoms with Crippen LogP contribution in [0.5, 0.6) is 0 Å². The molecule has 0 spiro atoms. The summed E-state index contributed by atoms with van der Waals surface area (Å²) < 4.78 is 47.3. The van der Waals surface area contributed by atoms with Crippen LogP contribution in [-0.2, 0) is 9.47 Å². The van der Waals surface area contributed by atoms with Gasteiger partial charge in [0.05, 0.1) is 12.6 Å². The minimum atomic E-state index is -4.42. The predicted molar refractivity (Wildman–Crippen MR) is 67.1 cm³/mol. The lowest BCUT2D eigenvalue weighted by Crippen LogP contribution is -2.49. The van der Waals surface area contributed by atoms with Crippen molar-refractivity contribution in [2.45, 2.75) is 58.2 Å². The molecule has 20 heavy (non-hydrogen) atoms. The van der Waals surface area contributed by atoms with E-state index < -0.39 is 29.6 Å². The highest BCUT2D eigenvalue weighted by Gasteiger charge is 2.45. The fourth-order valence-corrected chi connectivity index (χ4v) is 1.86. The Morgan fingerprint density at radius 2 is 1.90 bits per heavy atom. The van der Waals surface area contributed by atoms with Gasteiger partial charge in [0.15, 0.2) is 0 Å². The predicted octanol–water partition coefficient (Wildman–Crippen LogP) is 3.48. The summed E-state index contributed by atoms with van der Waals surface area (Å²) in [7, 11) is 0. The molecular formula is C13H20F3NO3. The SMILES string of the molecule is CC(C)(C)OC(=O)N1[C@@H](/C=C/C(F)(F)F)COC1(C)C. The van der Waals surface area contributed by atoms with Crippen LogP contribution < -0.4 is 0 Å². The number of halogens is 3. The molecule has 0 radical (unpaired) electrons. The van der Waals surface area contributed by atoms with Crippen LogP contribution in [0.15, 0.2) is 12.2 Å². The van der Waals surface area contributed by atoms with E-state index in [9.17, 15) is 18.0 Å². The maximum Gasteiger partial charge on any atom is 0.413 e. The number of carbonyl (C=O) groups excluding carboxylic acids is 1. The molecule has 1 saturated heterocycles. The number of alkyl halides is 3. The average Bonchev–Trinajstić information content (AvgIpc) is 2.46. The molecule has 0 aliphatic carbocycles. The lowest BCUT2D eigenvalue weighted by atomic mass is 10.2. The fraction of sp³-hybridized carbons (Fsp3) is 0.769. The van der Waals surface area contributed by atoms with E-state index in [1.165, 1.54) is 4.90 Å². The third kappa shape index (κ3) is 4.70. The lowest BCUT2D eigenvalue weighted by molar-refractivity contribution is -0.0809. The molecule has 0 aromatic rings. The van der Waals surface area contributed by atoms with Crippen LogP contribution in [-0.4, -0.2) is 41.1 Å². The van der Waals surface area contributed by atoms with Crippen molar-refractivity contribution in [2.75, 3.05) is 6.61 Å². The summed E-state index contributed by atoms with van der Waals surface area (Å²) in [5.74, 6) is 0. The number of hydrogen-bond acceptors (Lipinski definition) is 3. The van der Waals surface area contributed by atoms with E-state index in [1.54, 1.807) is 34.6 Å². The number of hydrogen-bond donors (Lipinski definition) is 0. The zero-order valence-electron chi connectivity index (χ0n) is 12.2. The standard InChI is InChI=1S/C13H20F3NO3/c1-11(2,3)20-10(18)17-9(6-7-13(14,15)16)8-19-12(17,4)5/h6-7,9H,8H2,1-5H3/b7-6+/t9-/m0/s1. The highest BCUT2D eigenvalue weighted by molar-refractivity contribution is 5.70. The topological polar surface area (TPSA) is 38.8 Å². The monoisotopic (exact) mass is 295 g/mol. The van der Waals surface area contributed by atoms with Crippen LogP contribution in [0.4, 0.5) is 18.0 Å². The van der Waals surface area contributed by atoms with Crippen LogP contribution in [0, 0.1) is 0 Å². The average molecular weight is 295 g/mol. The number of ether oxygens (including phenoxy) is 2. The Morgan fingerprint density at radius 3 is 2.35 bits per heavy atom. The summed E-state index contributed by atoms with van der Waals surface area (Å²) in [5, 5.41) is 0. The second-order valence-electron chi connectivity index (χ2n) is 6.08. The molecule has 1 heterocycles. The largest absolute Gasteiger partial charge is 0.444 e. The van der Waals surface area contributed by atoms with Gasteiger partial charge in [0, 0.05) is 6.08 Å². The van der Waals surface area contributed by atoms with Crippen LogP contribution >= 0.6 is 0 Å². The molecule has 0 N–H and O–H groups in total. The number of carbonyl (C=O) groups is 1. The van der Waals surface area contributed by atoms with E-state index in [0.717, 1.165) is 6.08 Å². The van der Waals surface area contributed by atoms with Gasteiger partial charge in [-0.05, 0) is 34.6 Å². The minimum absolute atomic E-state index is 0.00117. The Hall–Kier alpha value is -1.24. The molecule has 116 valence electrons. The van der Waals surface area contributed by atoms with Crippen molar-refractivity contribution in [3.63, 3.8) is 0 Å². The van der Waals surface area contributed by atoms with Gasteiger partial charge in [0.25, 0.3) is 0 Å². The molecule has 1 aliphatic rings. The van der Waals surface area contributed by atoms with Crippen molar-refractivity contribution < 1.29 is 27.4 Å². The Kier molecular flexibility index (Phi) is 4.43. The van der Waals surface area contributed by atoms with Gasteiger partial charge in [0.1, 0.15) is 11.3 Å². The zero-order chi connectivity index (χ0) is 15.8. The van der Waals surface area contributed by atoms with Crippen molar-refractivity contribution in [1.82, 2.24) is 4.90 Å². The van der Waals surface area contributed by atoms with Crippen molar-refractivity contribution in [1.29, 1.82) is 0 Å². The van der Waals surface area contributed by atoms with Crippen LogP contribution in [0.2, 0.25) is 0 Å². The molecule has 0 aromatic heterocycles. The summed E-state index contributed by atoms with van der Waals surface area (Å²) >= 11 is 0. The minimum Gasteiger partial charge on any atom is -0.444 e. The molecule has 1 atom stereocenters. The molecular weight excluding hydrogens is 275 g/mol. The maximum absolute atomic E-state index is 12.2. The van der Waals surface area contributed by atoms with Gasteiger partial charge in [-0.3, -0.25) is 4.90 Å². The maximum atomic E-state index is 12.2. The second-order valence-corrected chi connectivity index (χ2v) is 6.08. The van der Waals surface area contributed by atoms with Crippen LogP contribution in [0.1, 0.15) is 34.6 Å². The molecule has 4 nitrogen and oxygen atoms in total. The van der Waals surface area contributed by atoms with E-state index in [4.69, 9.17) is 9.47 Å². The van der Waals surface area contributed by atoms with Gasteiger partial charge >= 0.3 is 12.3 Å². The van der Waals surface area contributed by atoms with E-state index in [-0.39, 0.29) is 12.7 Å².